The lowest BCUT2D eigenvalue weighted by atomic mass is 9.98. The number of phenolic OH excluding ortho intramolecular Hbond substituents is 1. The molecule has 1 aliphatic heterocycles. The normalized spacial score (nSPS) is 23.1. The fraction of sp³-hybridized carbons (Fsp3) is 0.533. The van der Waals surface area contributed by atoms with E-state index in [0.717, 1.165) is 36.8 Å². The second kappa shape index (κ2) is 5.21. The summed E-state index contributed by atoms with van der Waals surface area (Å²) in [6.45, 7) is 1.36. The van der Waals surface area contributed by atoms with Gasteiger partial charge in [-0.2, -0.15) is 0 Å². The SMILES string of the molecule is O=C(NC1CCc2c(O)cccc21)C1CCOCC1. The van der Waals surface area contributed by atoms with E-state index in [1.807, 2.05) is 12.1 Å². The molecule has 0 saturated carbocycles. The molecule has 4 nitrogen and oxygen atoms in total. The summed E-state index contributed by atoms with van der Waals surface area (Å²) in [4.78, 5) is 12.2. The molecule has 0 bridgehead atoms. The van der Waals surface area contributed by atoms with Crippen molar-refractivity contribution in [1.29, 1.82) is 0 Å². The second-order valence-corrected chi connectivity index (χ2v) is 5.33. The Hall–Kier alpha value is -1.55. The molecule has 0 spiro atoms. The molecule has 3 rings (SSSR count). The van der Waals surface area contributed by atoms with Gasteiger partial charge < -0.3 is 15.2 Å². The maximum absolute atomic E-state index is 12.2. The zero-order valence-electron chi connectivity index (χ0n) is 10.9. The zero-order valence-corrected chi connectivity index (χ0v) is 10.9. The van der Waals surface area contributed by atoms with Crippen molar-refractivity contribution >= 4 is 5.91 Å². The lowest BCUT2D eigenvalue weighted by Gasteiger charge is -2.23. The summed E-state index contributed by atoms with van der Waals surface area (Å²) < 4.78 is 5.28. The Kier molecular flexibility index (Phi) is 3.42. The van der Waals surface area contributed by atoms with Crippen molar-refractivity contribution in [2.24, 2.45) is 5.92 Å². The molecule has 0 radical (unpaired) electrons. The van der Waals surface area contributed by atoms with Gasteiger partial charge in [0.1, 0.15) is 5.75 Å². The monoisotopic (exact) mass is 261 g/mol. The van der Waals surface area contributed by atoms with Crippen molar-refractivity contribution in [2.45, 2.75) is 31.7 Å². The van der Waals surface area contributed by atoms with Crippen molar-refractivity contribution < 1.29 is 14.6 Å². The summed E-state index contributed by atoms with van der Waals surface area (Å²) >= 11 is 0. The lowest BCUT2D eigenvalue weighted by molar-refractivity contribution is -0.128. The van der Waals surface area contributed by atoms with Gasteiger partial charge in [0.2, 0.25) is 5.91 Å². The number of amides is 1. The van der Waals surface area contributed by atoms with Crippen LogP contribution in [0.25, 0.3) is 0 Å². The summed E-state index contributed by atoms with van der Waals surface area (Å²) in [5, 5.41) is 12.9. The lowest BCUT2D eigenvalue weighted by Crippen LogP contribution is -2.36. The minimum Gasteiger partial charge on any atom is -0.508 e. The van der Waals surface area contributed by atoms with Gasteiger partial charge in [-0.15, -0.1) is 0 Å². The molecule has 19 heavy (non-hydrogen) atoms. The van der Waals surface area contributed by atoms with Gasteiger partial charge in [0.15, 0.2) is 0 Å². The zero-order chi connectivity index (χ0) is 13.2. The van der Waals surface area contributed by atoms with Crippen LogP contribution in [-0.4, -0.2) is 24.2 Å². The highest BCUT2D eigenvalue weighted by atomic mass is 16.5. The number of ether oxygens (including phenoxy) is 1. The number of nitrogens with one attached hydrogen (secondary N) is 1. The molecule has 1 saturated heterocycles. The van der Waals surface area contributed by atoms with Gasteiger partial charge in [0, 0.05) is 19.1 Å². The Balaban J connectivity index is 1.69. The molecule has 2 aliphatic rings. The number of benzene rings is 1. The molecule has 1 fully saturated rings. The molecule has 2 N–H and O–H groups in total. The van der Waals surface area contributed by atoms with Crippen LogP contribution in [0, 0.1) is 5.92 Å². The van der Waals surface area contributed by atoms with Crippen molar-refractivity contribution in [3.63, 3.8) is 0 Å². The van der Waals surface area contributed by atoms with E-state index >= 15 is 0 Å². The van der Waals surface area contributed by atoms with Crippen LogP contribution in [0.5, 0.6) is 5.75 Å². The molecule has 1 amide bonds. The van der Waals surface area contributed by atoms with Crippen molar-refractivity contribution in [2.75, 3.05) is 13.2 Å². The molecule has 1 unspecified atom stereocenters. The molecule has 1 aromatic carbocycles. The highest BCUT2D eigenvalue weighted by Gasteiger charge is 2.29. The highest BCUT2D eigenvalue weighted by molar-refractivity contribution is 5.79. The Bertz CT molecular complexity index is 480. The summed E-state index contributed by atoms with van der Waals surface area (Å²) in [6, 6.07) is 5.60. The number of phenols is 1. The predicted molar refractivity (Wildman–Crippen MR) is 70.9 cm³/mol. The number of carbonyl (C=O) groups is 1. The van der Waals surface area contributed by atoms with Crippen LogP contribution in [0.3, 0.4) is 0 Å². The minimum absolute atomic E-state index is 0.0532. The largest absolute Gasteiger partial charge is 0.508 e. The molecular formula is C15H19NO3. The standard InChI is InChI=1S/C15H19NO3/c17-14-3-1-2-11-12(14)4-5-13(11)16-15(18)10-6-8-19-9-7-10/h1-3,10,13,17H,4-9H2,(H,16,18). The molecule has 1 atom stereocenters. The topological polar surface area (TPSA) is 58.6 Å². The first-order valence-corrected chi connectivity index (χ1v) is 6.94. The maximum Gasteiger partial charge on any atom is 0.223 e. The van der Waals surface area contributed by atoms with E-state index in [1.54, 1.807) is 6.07 Å². The number of aromatic hydroxyl groups is 1. The van der Waals surface area contributed by atoms with Crippen molar-refractivity contribution in [3.8, 4) is 5.75 Å². The van der Waals surface area contributed by atoms with Gasteiger partial charge in [0.05, 0.1) is 6.04 Å². The van der Waals surface area contributed by atoms with Crippen LogP contribution in [0.4, 0.5) is 0 Å². The second-order valence-electron chi connectivity index (χ2n) is 5.33. The number of hydrogen-bond donors (Lipinski definition) is 2. The van der Waals surface area contributed by atoms with Crippen LogP contribution in [-0.2, 0) is 16.0 Å². The molecule has 4 heteroatoms. The van der Waals surface area contributed by atoms with Gasteiger partial charge in [0.25, 0.3) is 0 Å². The van der Waals surface area contributed by atoms with Gasteiger partial charge in [-0.1, -0.05) is 12.1 Å². The van der Waals surface area contributed by atoms with E-state index in [0.29, 0.717) is 19.0 Å². The predicted octanol–water partition coefficient (Wildman–Crippen LogP) is 1.92. The van der Waals surface area contributed by atoms with Gasteiger partial charge >= 0.3 is 0 Å². The Morgan fingerprint density at radius 2 is 2.05 bits per heavy atom. The Labute approximate surface area is 112 Å². The van der Waals surface area contributed by atoms with Crippen molar-refractivity contribution in [3.05, 3.63) is 29.3 Å². The number of carbonyl (C=O) groups excluding carboxylic acids is 1. The first kappa shape index (κ1) is 12.5. The van der Waals surface area contributed by atoms with Gasteiger partial charge in [-0.25, -0.2) is 0 Å². The third kappa shape index (κ3) is 2.45. The first-order valence-electron chi connectivity index (χ1n) is 6.94. The molecule has 1 heterocycles. The van der Waals surface area contributed by atoms with E-state index in [4.69, 9.17) is 4.74 Å². The van der Waals surface area contributed by atoms with Crippen molar-refractivity contribution in [1.82, 2.24) is 5.32 Å². The molecule has 0 aromatic heterocycles. The fourth-order valence-electron chi connectivity index (χ4n) is 3.03. The first-order chi connectivity index (χ1) is 9.25. The van der Waals surface area contributed by atoms with E-state index in [2.05, 4.69) is 5.32 Å². The van der Waals surface area contributed by atoms with Crippen LogP contribution in [0.15, 0.2) is 18.2 Å². The molecule has 1 aromatic rings. The Morgan fingerprint density at radius 3 is 2.84 bits per heavy atom. The Morgan fingerprint density at radius 1 is 1.26 bits per heavy atom. The van der Waals surface area contributed by atoms with E-state index in [1.165, 1.54) is 0 Å². The number of hydrogen-bond acceptors (Lipinski definition) is 3. The van der Waals surface area contributed by atoms with E-state index in [-0.39, 0.29) is 17.9 Å². The summed E-state index contributed by atoms with van der Waals surface area (Å²) in [6.07, 6.45) is 3.33. The van der Waals surface area contributed by atoms with Crippen LogP contribution < -0.4 is 5.32 Å². The van der Waals surface area contributed by atoms with Gasteiger partial charge in [-0.3, -0.25) is 4.79 Å². The molecule has 1 aliphatic carbocycles. The van der Waals surface area contributed by atoms with E-state index in [9.17, 15) is 9.90 Å². The smallest absolute Gasteiger partial charge is 0.223 e. The maximum atomic E-state index is 12.2. The average molecular weight is 261 g/mol. The quantitative estimate of drug-likeness (QED) is 0.855. The van der Waals surface area contributed by atoms with Crippen LogP contribution in [0.1, 0.15) is 36.4 Å². The summed E-state index contributed by atoms with van der Waals surface area (Å²) in [5.41, 5.74) is 2.06. The summed E-state index contributed by atoms with van der Waals surface area (Å²) in [7, 11) is 0. The minimum atomic E-state index is 0.0532. The van der Waals surface area contributed by atoms with Crippen LogP contribution in [0.2, 0.25) is 0 Å². The highest BCUT2D eigenvalue weighted by Crippen LogP contribution is 2.36. The van der Waals surface area contributed by atoms with Crippen LogP contribution >= 0.6 is 0 Å². The molecule has 102 valence electrons. The number of fused-ring (bicyclic) bond motifs is 1. The third-order valence-corrected chi connectivity index (χ3v) is 4.15. The van der Waals surface area contributed by atoms with Gasteiger partial charge in [-0.05, 0) is 42.9 Å². The molecular weight excluding hydrogens is 242 g/mol. The summed E-state index contributed by atoms with van der Waals surface area (Å²) in [5.74, 6) is 0.555. The van der Waals surface area contributed by atoms with E-state index < -0.39 is 0 Å². The third-order valence-electron chi connectivity index (χ3n) is 4.15. The average Bonchev–Trinajstić information content (AvgIpc) is 2.84. The fourth-order valence-corrected chi connectivity index (χ4v) is 3.03. The number of rotatable bonds is 2.